The lowest BCUT2D eigenvalue weighted by molar-refractivity contribution is 0.0953. The normalized spacial score (nSPS) is 9.62. The molecule has 1 amide bonds. The van der Waals surface area contributed by atoms with Crippen LogP contribution < -0.4 is 5.32 Å². The Kier molecular flexibility index (Phi) is 3.96. The molecule has 0 fully saturated rings. The monoisotopic (exact) mass is 178 g/mol. The zero-order chi connectivity index (χ0) is 9.52. The molecule has 0 aliphatic carbocycles. The molecule has 1 rings (SSSR count). The third-order valence-corrected chi connectivity index (χ3v) is 1.76. The van der Waals surface area contributed by atoms with Gasteiger partial charge < -0.3 is 5.32 Å². The zero-order valence-electron chi connectivity index (χ0n) is 7.79. The summed E-state index contributed by atoms with van der Waals surface area (Å²) >= 11 is 0. The van der Waals surface area contributed by atoms with Gasteiger partial charge in [-0.15, -0.1) is 0 Å². The maximum atomic E-state index is 11.4. The van der Waals surface area contributed by atoms with E-state index in [4.69, 9.17) is 0 Å². The van der Waals surface area contributed by atoms with Crippen LogP contribution in [0, 0.1) is 0 Å². The highest BCUT2D eigenvalue weighted by Crippen LogP contribution is 1.95. The van der Waals surface area contributed by atoms with Crippen molar-refractivity contribution in [3.63, 3.8) is 0 Å². The van der Waals surface area contributed by atoms with Crippen molar-refractivity contribution < 1.29 is 4.79 Å². The predicted molar refractivity (Wildman–Crippen MR) is 51.5 cm³/mol. The van der Waals surface area contributed by atoms with Crippen LogP contribution in [0.25, 0.3) is 0 Å². The highest BCUT2D eigenvalue weighted by molar-refractivity contribution is 5.93. The molecule has 1 aromatic rings. The Balaban J connectivity index is 2.40. The quantitative estimate of drug-likeness (QED) is 0.712. The van der Waals surface area contributed by atoms with Gasteiger partial charge in [-0.2, -0.15) is 0 Å². The molecule has 0 aliphatic heterocycles. The summed E-state index contributed by atoms with van der Waals surface area (Å²) < 4.78 is 0. The van der Waals surface area contributed by atoms with Gasteiger partial charge in [-0.25, -0.2) is 0 Å². The van der Waals surface area contributed by atoms with Gasteiger partial charge in [0.25, 0.3) is 5.91 Å². The number of hydrogen-bond donors (Lipinski definition) is 1. The minimum Gasteiger partial charge on any atom is -0.352 e. The van der Waals surface area contributed by atoms with Crippen LogP contribution in [0.4, 0.5) is 0 Å². The fourth-order valence-electron chi connectivity index (χ4n) is 0.984. The highest BCUT2D eigenvalue weighted by Gasteiger charge is 2.01. The summed E-state index contributed by atoms with van der Waals surface area (Å²) in [7, 11) is 0. The lowest BCUT2D eigenvalue weighted by Gasteiger charge is -2.02. The molecule has 0 radical (unpaired) electrons. The van der Waals surface area contributed by atoms with Gasteiger partial charge in [0.2, 0.25) is 0 Å². The molecule has 1 N–H and O–H groups in total. The van der Waals surface area contributed by atoms with Gasteiger partial charge in [0.1, 0.15) is 0 Å². The van der Waals surface area contributed by atoms with Crippen molar-refractivity contribution in [3.05, 3.63) is 30.1 Å². The van der Waals surface area contributed by atoms with E-state index in [-0.39, 0.29) is 5.91 Å². The first kappa shape index (κ1) is 9.71. The summed E-state index contributed by atoms with van der Waals surface area (Å²) in [5.74, 6) is -0.0177. The highest BCUT2D eigenvalue weighted by atomic mass is 16.1. The Morgan fingerprint density at radius 1 is 1.46 bits per heavy atom. The zero-order valence-corrected chi connectivity index (χ0v) is 7.79. The van der Waals surface area contributed by atoms with Crippen LogP contribution in [0.5, 0.6) is 0 Å². The SMILES string of the molecule is CCCCNC(=O)c1ccncc1. The lowest BCUT2D eigenvalue weighted by atomic mass is 10.2. The van der Waals surface area contributed by atoms with E-state index in [0.29, 0.717) is 5.56 Å². The summed E-state index contributed by atoms with van der Waals surface area (Å²) in [4.78, 5) is 15.2. The number of aromatic nitrogens is 1. The van der Waals surface area contributed by atoms with Crippen molar-refractivity contribution >= 4 is 5.91 Å². The molecule has 3 heteroatoms. The van der Waals surface area contributed by atoms with Crippen molar-refractivity contribution in [3.8, 4) is 0 Å². The number of rotatable bonds is 4. The molecule has 1 aromatic heterocycles. The number of unbranched alkanes of at least 4 members (excludes halogenated alkanes) is 1. The second-order valence-corrected chi connectivity index (χ2v) is 2.85. The fraction of sp³-hybridized carbons (Fsp3) is 0.400. The molecule has 0 bridgehead atoms. The number of carbonyl (C=O) groups is 1. The van der Waals surface area contributed by atoms with Gasteiger partial charge in [-0.1, -0.05) is 13.3 Å². The molecule has 0 aliphatic rings. The smallest absolute Gasteiger partial charge is 0.251 e. The van der Waals surface area contributed by atoms with E-state index in [1.807, 2.05) is 0 Å². The molecule has 0 aromatic carbocycles. The van der Waals surface area contributed by atoms with Crippen LogP contribution >= 0.6 is 0 Å². The number of nitrogens with one attached hydrogen (secondary N) is 1. The molecular formula is C10H14N2O. The van der Waals surface area contributed by atoms with Crippen LogP contribution in [0.3, 0.4) is 0 Å². The standard InChI is InChI=1S/C10H14N2O/c1-2-3-6-12-10(13)9-4-7-11-8-5-9/h4-5,7-8H,2-3,6H2,1H3,(H,12,13). The van der Waals surface area contributed by atoms with Crippen molar-refractivity contribution in [2.45, 2.75) is 19.8 Å². The second-order valence-electron chi connectivity index (χ2n) is 2.85. The van der Waals surface area contributed by atoms with Crippen LogP contribution in [0.1, 0.15) is 30.1 Å². The predicted octanol–water partition coefficient (Wildman–Crippen LogP) is 1.61. The first-order valence-corrected chi connectivity index (χ1v) is 4.53. The number of nitrogens with zero attached hydrogens (tertiary/aromatic N) is 1. The van der Waals surface area contributed by atoms with E-state index in [1.54, 1.807) is 24.5 Å². The number of amides is 1. The van der Waals surface area contributed by atoms with Gasteiger partial charge in [-0.3, -0.25) is 9.78 Å². The summed E-state index contributed by atoms with van der Waals surface area (Å²) in [6.07, 6.45) is 5.36. The second kappa shape index (κ2) is 5.30. The maximum absolute atomic E-state index is 11.4. The van der Waals surface area contributed by atoms with E-state index in [2.05, 4.69) is 17.2 Å². The van der Waals surface area contributed by atoms with Crippen molar-refractivity contribution in [2.24, 2.45) is 0 Å². The third kappa shape index (κ3) is 3.23. The molecule has 70 valence electrons. The van der Waals surface area contributed by atoms with Gasteiger partial charge >= 0.3 is 0 Å². The van der Waals surface area contributed by atoms with Crippen LogP contribution in [0.15, 0.2) is 24.5 Å². The average molecular weight is 178 g/mol. The summed E-state index contributed by atoms with van der Waals surface area (Å²) in [6.45, 7) is 2.84. The van der Waals surface area contributed by atoms with Crippen LogP contribution in [0.2, 0.25) is 0 Å². The molecule has 0 spiro atoms. The Morgan fingerprint density at radius 2 is 2.15 bits per heavy atom. The number of carbonyl (C=O) groups excluding carboxylic acids is 1. The first-order chi connectivity index (χ1) is 6.34. The van der Waals surface area contributed by atoms with E-state index in [9.17, 15) is 4.79 Å². The topological polar surface area (TPSA) is 42.0 Å². The van der Waals surface area contributed by atoms with E-state index in [0.717, 1.165) is 19.4 Å². The minimum atomic E-state index is -0.0177. The van der Waals surface area contributed by atoms with Crippen molar-refractivity contribution in [1.82, 2.24) is 10.3 Å². The van der Waals surface area contributed by atoms with Crippen LogP contribution in [-0.2, 0) is 0 Å². The van der Waals surface area contributed by atoms with Crippen molar-refractivity contribution in [2.75, 3.05) is 6.54 Å². The van der Waals surface area contributed by atoms with Gasteiger partial charge in [-0.05, 0) is 18.6 Å². The van der Waals surface area contributed by atoms with Crippen molar-refractivity contribution in [1.29, 1.82) is 0 Å². The number of pyridine rings is 1. The average Bonchev–Trinajstić information content (AvgIpc) is 2.19. The Bertz CT molecular complexity index is 259. The molecule has 0 saturated heterocycles. The molecular weight excluding hydrogens is 164 g/mol. The Morgan fingerprint density at radius 3 is 2.77 bits per heavy atom. The molecule has 1 heterocycles. The maximum Gasteiger partial charge on any atom is 0.251 e. The molecule has 0 unspecified atom stereocenters. The van der Waals surface area contributed by atoms with Gasteiger partial charge in [0.15, 0.2) is 0 Å². The summed E-state index contributed by atoms with van der Waals surface area (Å²) in [5, 5.41) is 2.83. The van der Waals surface area contributed by atoms with E-state index < -0.39 is 0 Å². The molecule has 3 nitrogen and oxygen atoms in total. The first-order valence-electron chi connectivity index (χ1n) is 4.53. The summed E-state index contributed by atoms with van der Waals surface area (Å²) in [5.41, 5.74) is 0.672. The summed E-state index contributed by atoms with van der Waals surface area (Å²) in [6, 6.07) is 3.42. The van der Waals surface area contributed by atoms with Crippen LogP contribution in [-0.4, -0.2) is 17.4 Å². The van der Waals surface area contributed by atoms with E-state index >= 15 is 0 Å². The fourth-order valence-corrected chi connectivity index (χ4v) is 0.984. The third-order valence-electron chi connectivity index (χ3n) is 1.76. The molecule has 0 atom stereocenters. The Hall–Kier alpha value is -1.38. The molecule has 13 heavy (non-hydrogen) atoms. The van der Waals surface area contributed by atoms with E-state index in [1.165, 1.54) is 0 Å². The van der Waals surface area contributed by atoms with Gasteiger partial charge in [0.05, 0.1) is 0 Å². The Labute approximate surface area is 78.2 Å². The molecule has 0 saturated carbocycles. The number of hydrogen-bond acceptors (Lipinski definition) is 2. The van der Waals surface area contributed by atoms with Gasteiger partial charge in [0, 0.05) is 24.5 Å². The minimum absolute atomic E-state index is 0.0177. The lowest BCUT2D eigenvalue weighted by Crippen LogP contribution is -2.24. The largest absolute Gasteiger partial charge is 0.352 e.